The molecule has 0 aliphatic rings. The molecular weight excluding hydrogens is 275 g/mol. The minimum absolute atomic E-state index is 0.157. The van der Waals surface area contributed by atoms with Gasteiger partial charge in [0.2, 0.25) is 0 Å². The second kappa shape index (κ2) is 5.51. The van der Waals surface area contributed by atoms with Gasteiger partial charge in [0.15, 0.2) is 0 Å². The Labute approximate surface area is 121 Å². The fourth-order valence-corrected chi connectivity index (χ4v) is 2.39. The quantitative estimate of drug-likeness (QED) is 0.642. The van der Waals surface area contributed by atoms with Crippen LogP contribution in [0, 0.1) is 5.82 Å². The first kappa shape index (κ1) is 12.9. The molecule has 0 unspecified atom stereocenters. The molecule has 0 aliphatic carbocycles. The fourth-order valence-electron chi connectivity index (χ4n) is 2.10. The molecule has 0 amide bonds. The van der Waals surface area contributed by atoms with E-state index in [0.29, 0.717) is 16.3 Å². The van der Waals surface area contributed by atoms with Gasteiger partial charge in [-0.1, -0.05) is 60.1 Å². The monoisotopic (exact) mass is 286 g/mol. The van der Waals surface area contributed by atoms with Crippen LogP contribution >= 0.6 is 11.6 Å². The van der Waals surface area contributed by atoms with E-state index in [2.05, 4.69) is 0 Å². The summed E-state index contributed by atoms with van der Waals surface area (Å²) in [4.78, 5) is 0. The van der Waals surface area contributed by atoms with Gasteiger partial charge < -0.3 is 4.74 Å². The summed E-state index contributed by atoms with van der Waals surface area (Å²) in [5, 5.41) is 2.54. The molecular formula is C17H12ClFO. The molecule has 3 rings (SSSR count). The zero-order valence-corrected chi connectivity index (χ0v) is 11.4. The smallest absolute Gasteiger partial charge is 0.139 e. The lowest BCUT2D eigenvalue weighted by Crippen LogP contribution is -1.98. The van der Waals surface area contributed by atoms with Crippen molar-refractivity contribution in [3.63, 3.8) is 0 Å². The Morgan fingerprint density at radius 3 is 2.50 bits per heavy atom. The van der Waals surface area contributed by atoms with Crippen molar-refractivity contribution in [2.75, 3.05) is 0 Å². The second-order valence-corrected chi connectivity index (χ2v) is 4.86. The molecule has 3 aromatic rings. The first-order chi connectivity index (χ1) is 9.75. The van der Waals surface area contributed by atoms with Crippen molar-refractivity contribution in [3.8, 4) is 5.75 Å². The summed E-state index contributed by atoms with van der Waals surface area (Å²) in [6.07, 6.45) is 0. The summed E-state index contributed by atoms with van der Waals surface area (Å²) < 4.78 is 19.2. The van der Waals surface area contributed by atoms with Crippen LogP contribution in [0.4, 0.5) is 4.39 Å². The van der Waals surface area contributed by atoms with E-state index >= 15 is 0 Å². The van der Waals surface area contributed by atoms with Crippen LogP contribution in [0.15, 0.2) is 60.7 Å². The molecule has 3 heteroatoms. The molecule has 0 heterocycles. The number of halogens is 2. The standard InChI is InChI=1S/C17H12ClFO/c18-17-14-7-3-1-5-12(14)9-10-16(17)20-11-13-6-2-4-8-15(13)19/h1-10H,11H2. The Kier molecular flexibility index (Phi) is 3.57. The van der Waals surface area contributed by atoms with Crippen molar-refractivity contribution in [2.45, 2.75) is 6.61 Å². The van der Waals surface area contributed by atoms with Gasteiger partial charge in [-0.2, -0.15) is 0 Å². The largest absolute Gasteiger partial charge is 0.487 e. The average Bonchev–Trinajstić information content (AvgIpc) is 2.48. The first-order valence-corrected chi connectivity index (χ1v) is 6.67. The van der Waals surface area contributed by atoms with Gasteiger partial charge in [-0.3, -0.25) is 0 Å². The topological polar surface area (TPSA) is 9.23 Å². The van der Waals surface area contributed by atoms with E-state index < -0.39 is 0 Å². The summed E-state index contributed by atoms with van der Waals surface area (Å²) in [6.45, 7) is 0.157. The second-order valence-electron chi connectivity index (χ2n) is 4.48. The van der Waals surface area contributed by atoms with Crippen molar-refractivity contribution in [1.29, 1.82) is 0 Å². The molecule has 0 saturated carbocycles. The van der Waals surface area contributed by atoms with Gasteiger partial charge in [-0.15, -0.1) is 0 Å². The van der Waals surface area contributed by atoms with Crippen LogP contribution in [0.2, 0.25) is 5.02 Å². The molecule has 3 aromatic carbocycles. The highest BCUT2D eigenvalue weighted by Gasteiger charge is 2.08. The molecule has 0 aliphatic heterocycles. The van der Waals surface area contributed by atoms with Crippen molar-refractivity contribution in [1.82, 2.24) is 0 Å². The highest BCUT2D eigenvalue weighted by atomic mass is 35.5. The average molecular weight is 287 g/mol. The van der Waals surface area contributed by atoms with Crippen LogP contribution in [0.1, 0.15) is 5.56 Å². The molecule has 0 radical (unpaired) electrons. The predicted octanol–water partition coefficient (Wildman–Crippen LogP) is 5.21. The number of fused-ring (bicyclic) bond motifs is 1. The van der Waals surface area contributed by atoms with Crippen LogP contribution in [-0.2, 0) is 6.61 Å². The maximum absolute atomic E-state index is 13.5. The first-order valence-electron chi connectivity index (χ1n) is 6.29. The molecule has 0 bridgehead atoms. The van der Waals surface area contributed by atoms with Crippen molar-refractivity contribution in [3.05, 3.63) is 77.1 Å². The van der Waals surface area contributed by atoms with Gasteiger partial charge in [0.25, 0.3) is 0 Å². The fraction of sp³-hybridized carbons (Fsp3) is 0.0588. The summed E-state index contributed by atoms with van der Waals surface area (Å²) in [5.41, 5.74) is 0.511. The van der Waals surface area contributed by atoms with Crippen LogP contribution in [0.25, 0.3) is 10.8 Å². The molecule has 0 spiro atoms. The molecule has 0 atom stereocenters. The summed E-state index contributed by atoms with van der Waals surface area (Å²) >= 11 is 6.33. The molecule has 0 fully saturated rings. The molecule has 1 nitrogen and oxygen atoms in total. The van der Waals surface area contributed by atoms with Crippen molar-refractivity contribution in [2.24, 2.45) is 0 Å². The van der Waals surface area contributed by atoms with Gasteiger partial charge in [0.1, 0.15) is 18.2 Å². The van der Waals surface area contributed by atoms with Gasteiger partial charge in [0.05, 0.1) is 5.02 Å². The zero-order chi connectivity index (χ0) is 13.9. The highest BCUT2D eigenvalue weighted by molar-refractivity contribution is 6.37. The van der Waals surface area contributed by atoms with E-state index in [1.54, 1.807) is 18.2 Å². The third-order valence-electron chi connectivity index (χ3n) is 3.17. The summed E-state index contributed by atoms with van der Waals surface area (Å²) in [5.74, 6) is 0.290. The minimum Gasteiger partial charge on any atom is -0.487 e. The third kappa shape index (κ3) is 2.47. The van der Waals surface area contributed by atoms with Crippen molar-refractivity contribution >= 4 is 22.4 Å². The normalized spacial score (nSPS) is 10.7. The Morgan fingerprint density at radius 2 is 1.65 bits per heavy atom. The Bertz CT molecular complexity index is 755. The Hall–Kier alpha value is -2.06. The Balaban J connectivity index is 1.88. The van der Waals surface area contributed by atoms with Crippen LogP contribution in [0.3, 0.4) is 0 Å². The van der Waals surface area contributed by atoms with E-state index in [4.69, 9.17) is 16.3 Å². The number of rotatable bonds is 3. The molecule has 20 heavy (non-hydrogen) atoms. The number of ether oxygens (including phenoxy) is 1. The number of hydrogen-bond donors (Lipinski definition) is 0. The SMILES string of the molecule is Fc1ccccc1COc1ccc2ccccc2c1Cl. The lowest BCUT2D eigenvalue weighted by atomic mass is 10.1. The summed E-state index contributed by atoms with van der Waals surface area (Å²) in [6, 6.07) is 18.1. The summed E-state index contributed by atoms with van der Waals surface area (Å²) in [7, 11) is 0. The van der Waals surface area contributed by atoms with Gasteiger partial charge in [-0.25, -0.2) is 4.39 Å². The van der Waals surface area contributed by atoms with Gasteiger partial charge in [0, 0.05) is 10.9 Å². The zero-order valence-electron chi connectivity index (χ0n) is 10.6. The third-order valence-corrected chi connectivity index (χ3v) is 3.56. The lowest BCUT2D eigenvalue weighted by Gasteiger charge is -2.10. The molecule has 0 N–H and O–H groups in total. The molecule has 0 saturated heterocycles. The van der Waals surface area contributed by atoms with Gasteiger partial charge >= 0.3 is 0 Å². The van der Waals surface area contributed by atoms with Crippen LogP contribution < -0.4 is 4.74 Å². The minimum atomic E-state index is -0.274. The highest BCUT2D eigenvalue weighted by Crippen LogP contribution is 2.33. The number of benzene rings is 3. The lowest BCUT2D eigenvalue weighted by molar-refractivity contribution is 0.300. The molecule has 100 valence electrons. The number of hydrogen-bond acceptors (Lipinski definition) is 1. The van der Waals surface area contributed by atoms with E-state index in [-0.39, 0.29) is 12.4 Å². The van der Waals surface area contributed by atoms with Crippen LogP contribution in [0.5, 0.6) is 5.75 Å². The van der Waals surface area contributed by atoms with Crippen LogP contribution in [-0.4, -0.2) is 0 Å². The predicted molar refractivity (Wildman–Crippen MR) is 79.7 cm³/mol. The Morgan fingerprint density at radius 1 is 0.900 bits per heavy atom. The van der Waals surface area contributed by atoms with E-state index in [0.717, 1.165) is 10.8 Å². The maximum Gasteiger partial charge on any atom is 0.139 e. The molecule has 0 aromatic heterocycles. The van der Waals surface area contributed by atoms with Gasteiger partial charge in [-0.05, 0) is 17.5 Å². The van der Waals surface area contributed by atoms with E-state index in [1.807, 2.05) is 36.4 Å². The van der Waals surface area contributed by atoms with E-state index in [9.17, 15) is 4.39 Å². The van der Waals surface area contributed by atoms with E-state index in [1.165, 1.54) is 6.07 Å². The van der Waals surface area contributed by atoms with Crippen molar-refractivity contribution < 1.29 is 9.13 Å². The maximum atomic E-state index is 13.5.